The maximum atomic E-state index is 11.3. The Labute approximate surface area is 94.5 Å². The number of nitrogens with zero attached hydrogens (tertiary/aromatic N) is 1. The summed E-state index contributed by atoms with van der Waals surface area (Å²) < 4.78 is 0. The van der Waals surface area contributed by atoms with Crippen LogP contribution < -0.4 is 5.73 Å². The van der Waals surface area contributed by atoms with E-state index in [0.29, 0.717) is 6.42 Å². The van der Waals surface area contributed by atoms with Gasteiger partial charge in [0.05, 0.1) is 0 Å². The second kappa shape index (κ2) is 4.22. The minimum atomic E-state index is -1.11. The number of carboxylic acids is 1. The van der Waals surface area contributed by atoms with Gasteiger partial charge >= 0.3 is 5.97 Å². The first-order valence-corrected chi connectivity index (χ1v) is 5.57. The number of pyridine rings is 1. The predicted octanol–water partition coefficient (Wildman–Crippen LogP) is 1.52. The normalized spacial score (nSPS) is 29.9. The van der Waals surface area contributed by atoms with Crippen molar-refractivity contribution in [2.24, 2.45) is 5.73 Å². The van der Waals surface area contributed by atoms with Gasteiger partial charge in [0.15, 0.2) is 0 Å². The van der Waals surface area contributed by atoms with Crippen LogP contribution in [0, 0.1) is 0 Å². The topological polar surface area (TPSA) is 76.2 Å². The van der Waals surface area contributed by atoms with Crippen LogP contribution in [0.25, 0.3) is 0 Å². The van der Waals surface area contributed by atoms with Gasteiger partial charge in [-0.1, -0.05) is 12.8 Å². The van der Waals surface area contributed by atoms with Crippen LogP contribution in [0.2, 0.25) is 0 Å². The van der Waals surface area contributed by atoms with Gasteiger partial charge < -0.3 is 10.8 Å². The highest BCUT2D eigenvalue weighted by Gasteiger charge is 2.44. The minimum absolute atomic E-state index is 0.0956. The Morgan fingerprint density at radius 2 is 2.12 bits per heavy atom. The highest BCUT2D eigenvalue weighted by Crippen LogP contribution is 2.39. The largest absolute Gasteiger partial charge is 0.480 e. The first kappa shape index (κ1) is 11.1. The molecule has 2 unspecified atom stereocenters. The molecule has 1 heterocycles. The highest BCUT2D eigenvalue weighted by atomic mass is 16.4. The number of carbonyl (C=O) groups is 1. The number of aliphatic carboxylic acids is 1. The van der Waals surface area contributed by atoms with Crippen molar-refractivity contribution < 1.29 is 9.90 Å². The van der Waals surface area contributed by atoms with Gasteiger partial charge in [0, 0.05) is 18.3 Å². The van der Waals surface area contributed by atoms with E-state index in [2.05, 4.69) is 4.98 Å². The van der Waals surface area contributed by atoms with E-state index in [0.717, 1.165) is 24.8 Å². The van der Waals surface area contributed by atoms with Crippen LogP contribution in [-0.2, 0) is 4.79 Å². The van der Waals surface area contributed by atoms with Crippen LogP contribution in [-0.4, -0.2) is 21.6 Å². The van der Waals surface area contributed by atoms with Gasteiger partial charge in [-0.15, -0.1) is 0 Å². The van der Waals surface area contributed by atoms with Gasteiger partial charge in [0.2, 0.25) is 0 Å². The molecule has 1 aliphatic rings. The van der Waals surface area contributed by atoms with E-state index >= 15 is 0 Å². The summed E-state index contributed by atoms with van der Waals surface area (Å²) in [5.74, 6) is -0.990. The molecule has 1 aliphatic carbocycles. The van der Waals surface area contributed by atoms with Crippen molar-refractivity contribution >= 4 is 5.97 Å². The molecule has 0 spiro atoms. The maximum absolute atomic E-state index is 11.3. The zero-order valence-electron chi connectivity index (χ0n) is 9.10. The molecule has 4 heteroatoms. The summed E-state index contributed by atoms with van der Waals surface area (Å²) in [4.78, 5) is 15.3. The fourth-order valence-corrected chi connectivity index (χ4v) is 2.51. The molecule has 0 amide bonds. The fraction of sp³-hybridized carbons (Fsp3) is 0.500. The molecule has 1 aromatic rings. The highest BCUT2D eigenvalue weighted by molar-refractivity contribution is 5.80. The molecule has 2 atom stereocenters. The third-order valence-corrected chi connectivity index (χ3v) is 3.46. The number of nitrogens with two attached hydrogens (primary N) is 1. The van der Waals surface area contributed by atoms with E-state index in [-0.39, 0.29) is 5.92 Å². The molecule has 0 aromatic carbocycles. The van der Waals surface area contributed by atoms with Gasteiger partial charge in [0.25, 0.3) is 0 Å². The molecule has 0 radical (unpaired) electrons. The molecule has 0 aliphatic heterocycles. The van der Waals surface area contributed by atoms with Crippen LogP contribution in [0.4, 0.5) is 0 Å². The Kier molecular flexibility index (Phi) is 2.92. The minimum Gasteiger partial charge on any atom is -0.480 e. The molecular weight excluding hydrogens is 204 g/mol. The third kappa shape index (κ3) is 1.80. The smallest absolute Gasteiger partial charge is 0.324 e. The van der Waals surface area contributed by atoms with E-state index < -0.39 is 11.5 Å². The zero-order chi connectivity index (χ0) is 11.6. The van der Waals surface area contributed by atoms with Crippen molar-refractivity contribution in [3.05, 3.63) is 30.1 Å². The van der Waals surface area contributed by atoms with Crippen molar-refractivity contribution in [3.63, 3.8) is 0 Å². The van der Waals surface area contributed by atoms with Gasteiger partial charge in [-0.2, -0.15) is 0 Å². The quantitative estimate of drug-likeness (QED) is 0.792. The summed E-state index contributed by atoms with van der Waals surface area (Å²) in [5.41, 5.74) is 5.93. The maximum Gasteiger partial charge on any atom is 0.324 e. The predicted molar refractivity (Wildman–Crippen MR) is 60.0 cm³/mol. The SMILES string of the molecule is NC1(C(=O)O)CCCCC1c1ccncc1. The summed E-state index contributed by atoms with van der Waals surface area (Å²) in [5, 5.41) is 9.29. The molecule has 1 aromatic heterocycles. The molecule has 86 valence electrons. The summed E-state index contributed by atoms with van der Waals surface area (Å²) in [7, 11) is 0. The second-order valence-corrected chi connectivity index (χ2v) is 4.42. The molecular formula is C12H16N2O2. The molecule has 0 bridgehead atoms. The molecule has 3 N–H and O–H groups in total. The first-order valence-electron chi connectivity index (χ1n) is 5.57. The average molecular weight is 220 g/mol. The summed E-state index contributed by atoms with van der Waals surface area (Å²) in [6, 6.07) is 3.72. The van der Waals surface area contributed by atoms with Crippen LogP contribution in [0.15, 0.2) is 24.5 Å². The number of aromatic nitrogens is 1. The van der Waals surface area contributed by atoms with Gasteiger partial charge in [-0.05, 0) is 30.5 Å². The Balaban J connectivity index is 2.34. The van der Waals surface area contributed by atoms with Crippen molar-refractivity contribution in [1.29, 1.82) is 0 Å². The third-order valence-electron chi connectivity index (χ3n) is 3.46. The molecule has 1 fully saturated rings. The first-order chi connectivity index (χ1) is 7.64. The van der Waals surface area contributed by atoms with Gasteiger partial charge in [-0.3, -0.25) is 9.78 Å². The Bertz CT molecular complexity index is 380. The fourth-order valence-electron chi connectivity index (χ4n) is 2.51. The second-order valence-electron chi connectivity index (χ2n) is 4.42. The van der Waals surface area contributed by atoms with E-state index in [1.165, 1.54) is 0 Å². The van der Waals surface area contributed by atoms with E-state index in [9.17, 15) is 9.90 Å². The zero-order valence-corrected chi connectivity index (χ0v) is 9.10. The van der Waals surface area contributed by atoms with E-state index in [1.807, 2.05) is 12.1 Å². The van der Waals surface area contributed by atoms with Crippen molar-refractivity contribution in [1.82, 2.24) is 4.98 Å². The number of carboxylic acid groups (broad SMARTS) is 1. The lowest BCUT2D eigenvalue weighted by Gasteiger charge is -2.37. The standard InChI is InChI=1S/C12H16N2O2/c13-12(11(15)16)6-2-1-3-10(12)9-4-7-14-8-5-9/h4-5,7-8,10H,1-3,6,13H2,(H,15,16). The van der Waals surface area contributed by atoms with Crippen LogP contribution >= 0.6 is 0 Å². The number of hydrogen-bond acceptors (Lipinski definition) is 3. The number of hydrogen-bond donors (Lipinski definition) is 2. The van der Waals surface area contributed by atoms with E-state index in [1.54, 1.807) is 12.4 Å². The summed E-state index contributed by atoms with van der Waals surface area (Å²) >= 11 is 0. The van der Waals surface area contributed by atoms with Crippen molar-refractivity contribution in [2.45, 2.75) is 37.1 Å². The lowest BCUT2D eigenvalue weighted by Crippen LogP contribution is -2.54. The molecule has 4 nitrogen and oxygen atoms in total. The van der Waals surface area contributed by atoms with Crippen LogP contribution in [0.1, 0.15) is 37.2 Å². The monoisotopic (exact) mass is 220 g/mol. The van der Waals surface area contributed by atoms with Gasteiger partial charge in [-0.25, -0.2) is 0 Å². The molecule has 16 heavy (non-hydrogen) atoms. The Morgan fingerprint density at radius 3 is 2.75 bits per heavy atom. The van der Waals surface area contributed by atoms with Gasteiger partial charge in [0.1, 0.15) is 5.54 Å². The Morgan fingerprint density at radius 1 is 1.44 bits per heavy atom. The van der Waals surface area contributed by atoms with Crippen LogP contribution in [0.5, 0.6) is 0 Å². The molecule has 0 saturated heterocycles. The average Bonchev–Trinajstić information content (AvgIpc) is 2.30. The summed E-state index contributed by atoms with van der Waals surface area (Å²) in [6.45, 7) is 0. The molecule has 1 saturated carbocycles. The summed E-state index contributed by atoms with van der Waals surface area (Å²) in [6.07, 6.45) is 6.70. The number of rotatable bonds is 2. The lowest BCUT2D eigenvalue weighted by molar-refractivity contribution is -0.145. The van der Waals surface area contributed by atoms with E-state index in [4.69, 9.17) is 5.73 Å². The van der Waals surface area contributed by atoms with Crippen LogP contribution in [0.3, 0.4) is 0 Å². The van der Waals surface area contributed by atoms with Crippen molar-refractivity contribution in [2.75, 3.05) is 0 Å². The van der Waals surface area contributed by atoms with Crippen molar-refractivity contribution in [3.8, 4) is 0 Å². The Hall–Kier alpha value is -1.42. The lowest BCUT2D eigenvalue weighted by atomic mass is 9.70. The molecule has 2 rings (SSSR count).